The van der Waals surface area contributed by atoms with Gasteiger partial charge in [-0.15, -0.1) is 0 Å². The van der Waals surface area contributed by atoms with E-state index in [2.05, 4.69) is 198 Å². The van der Waals surface area contributed by atoms with Gasteiger partial charge in [-0.1, -0.05) is 111 Å². The highest BCUT2D eigenvalue weighted by Gasteiger charge is 2.30. The zero-order valence-corrected chi connectivity index (χ0v) is 32.5. The van der Waals surface area contributed by atoms with Crippen LogP contribution in [0.4, 0.5) is 22.7 Å². The van der Waals surface area contributed by atoms with E-state index >= 15 is 0 Å². The first kappa shape index (κ1) is 34.5. The lowest BCUT2D eigenvalue weighted by molar-refractivity contribution is 0.476. The van der Waals surface area contributed by atoms with Crippen molar-refractivity contribution in [1.29, 1.82) is 0 Å². The molecule has 0 fully saturated rings. The van der Waals surface area contributed by atoms with Gasteiger partial charge in [-0.3, -0.25) is 4.57 Å². The molecule has 0 atom stereocenters. The van der Waals surface area contributed by atoms with Gasteiger partial charge in [-0.05, 0) is 93.6 Å². The molecule has 5 nitrogen and oxygen atoms in total. The van der Waals surface area contributed by atoms with Crippen LogP contribution in [0.25, 0.3) is 27.6 Å². The minimum Gasteiger partial charge on any atom is -0.457 e. The highest BCUT2D eigenvalue weighted by atomic mass is 16.5. The van der Waals surface area contributed by atoms with Crippen molar-refractivity contribution in [2.24, 2.45) is 0 Å². The molecule has 5 aromatic carbocycles. The quantitative estimate of drug-likeness (QED) is 0.179. The van der Waals surface area contributed by atoms with Gasteiger partial charge in [0.1, 0.15) is 24.0 Å². The fourth-order valence-corrected chi connectivity index (χ4v) is 7.61. The summed E-state index contributed by atoms with van der Waals surface area (Å²) in [5.41, 5.74) is 10.3. The first-order valence-electron chi connectivity index (χ1n) is 18.7. The van der Waals surface area contributed by atoms with E-state index < -0.39 is 0 Å². The number of anilines is 4. The molecule has 0 unspecified atom stereocenters. The molecular weight excluding hydrogens is 649 g/mol. The van der Waals surface area contributed by atoms with Gasteiger partial charge in [0.15, 0.2) is 0 Å². The van der Waals surface area contributed by atoms with Crippen molar-refractivity contribution in [3.05, 3.63) is 144 Å². The summed E-state index contributed by atoms with van der Waals surface area (Å²) in [4.78, 5) is 9.74. The van der Waals surface area contributed by atoms with E-state index in [1.807, 2.05) is 6.20 Å². The summed E-state index contributed by atoms with van der Waals surface area (Å²) in [6, 6.07) is 43.6. The van der Waals surface area contributed by atoms with Crippen molar-refractivity contribution < 1.29 is 4.74 Å². The lowest BCUT2D eigenvalue weighted by Gasteiger charge is -2.26. The van der Waals surface area contributed by atoms with Crippen LogP contribution < -0.4 is 14.5 Å². The van der Waals surface area contributed by atoms with Gasteiger partial charge in [-0.2, -0.15) is 0 Å². The number of pyridine rings is 1. The SMILES string of the molecule is CC(C)(C)c1cc(Oc2cc(C(C)(C)C)c3c4ccccc4n(-c4cc(C(C)(C)C)ccn4)c3c2)cc(N2CN(c3ccccc3)c3ccccc32)c1. The van der Waals surface area contributed by atoms with Crippen molar-refractivity contribution in [3.63, 3.8) is 0 Å². The molecule has 0 saturated carbocycles. The molecule has 0 radical (unpaired) electrons. The normalized spacial score (nSPS) is 13.6. The van der Waals surface area contributed by atoms with Crippen LogP contribution in [0.5, 0.6) is 11.5 Å². The first-order chi connectivity index (χ1) is 25.2. The third kappa shape index (κ3) is 6.33. The summed E-state index contributed by atoms with van der Waals surface area (Å²) in [6.07, 6.45) is 1.94. The third-order valence-corrected chi connectivity index (χ3v) is 10.5. The van der Waals surface area contributed by atoms with Crippen molar-refractivity contribution in [2.45, 2.75) is 78.6 Å². The summed E-state index contributed by atoms with van der Waals surface area (Å²) < 4.78 is 9.37. The van der Waals surface area contributed by atoms with Crippen molar-refractivity contribution in [2.75, 3.05) is 16.5 Å². The van der Waals surface area contributed by atoms with Crippen LogP contribution in [0.15, 0.2) is 128 Å². The maximum atomic E-state index is 7.05. The molecule has 1 aliphatic heterocycles. The topological polar surface area (TPSA) is 33.5 Å². The van der Waals surface area contributed by atoms with E-state index in [-0.39, 0.29) is 16.2 Å². The number of hydrogen-bond acceptors (Lipinski definition) is 4. The fraction of sp³-hybridized carbons (Fsp3) is 0.271. The van der Waals surface area contributed by atoms with E-state index in [9.17, 15) is 0 Å². The molecule has 3 heterocycles. The number of aromatic nitrogens is 2. The largest absolute Gasteiger partial charge is 0.457 e. The Morgan fingerprint density at radius 3 is 1.83 bits per heavy atom. The Morgan fingerprint density at radius 2 is 1.15 bits per heavy atom. The van der Waals surface area contributed by atoms with E-state index in [4.69, 9.17) is 9.72 Å². The van der Waals surface area contributed by atoms with Gasteiger partial charge in [0, 0.05) is 40.5 Å². The van der Waals surface area contributed by atoms with E-state index in [0.717, 1.165) is 34.0 Å². The van der Waals surface area contributed by atoms with Crippen LogP contribution >= 0.6 is 0 Å². The standard InChI is InChI=1S/C48H50N4O/c1-46(2,3)32-23-24-49-44(27-32)52-40-20-14-13-19-38(40)45-39(48(7,8)9)29-37(30-43(45)52)53-36-26-33(47(4,5)6)25-35(28-36)51-31-50(34-17-11-10-12-18-34)41-21-15-16-22-42(41)51/h10-30H,31H2,1-9H3. The molecular formula is C48H50N4O. The van der Waals surface area contributed by atoms with Gasteiger partial charge < -0.3 is 14.5 Å². The number of rotatable bonds is 5. The summed E-state index contributed by atoms with van der Waals surface area (Å²) in [7, 11) is 0. The maximum Gasteiger partial charge on any atom is 0.137 e. The second kappa shape index (κ2) is 12.5. The molecule has 0 amide bonds. The monoisotopic (exact) mass is 698 g/mol. The zero-order valence-electron chi connectivity index (χ0n) is 32.5. The first-order valence-corrected chi connectivity index (χ1v) is 18.7. The van der Waals surface area contributed by atoms with E-state index in [0.29, 0.717) is 6.67 Å². The predicted octanol–water partition coefficient (Wildman–Crippen LogP) is 13.1. The summed E-state index contributed by atoms with van der Waals surface area (Å²) in [5, 5.41) is 2.46. The maximum absolute atomic E-state index is 7.05. The molecule has 7 aromatic rings. The Balaban J connectivity index is 1.30. The van der Waals surface area contributed by atoms with Gasteiger partial charge in [0.05, 0.1) is 22.4 Å². The summed E-state index contributed by atoms with van der Waals surface area (Å²) in [6.45, 7) is 21.1. The van der Waals surface area contributed by atoms with Crippen molar-refractivity contribution in [3.8, 4) is 17.3 Å². The molecule has 1 aliphatic rings. The average Bonchev–Trinajstić information content (AvgIpc) is 3.67. The van der Waals surface area contributed by atoms with E-state index in [1.54, 1.807) is 0 Å². The van der Waals surface area contributed by atoms with Crippen LogP contribution in [0, 0.1) is 0 Å². The number of hydrogen-bond donors (Lipinski definition) is 0. The Labute approximate surface area is 314 Å². The van der Waals surface area contributed by atoms with E-state index in [1.165, 1.54) is 44.5 Å². The summed E-state index contributed by atoms with van der Waals surface area (Å²) >= 11 is 0. The Kier molecular flexibility index (Phi) is 8.17. The highest BCUT2D eigenvalue weighted by molar-refractivity contribution is 6.11. The molecule has 0 aliphatic carbocycles. The van der Waals surface area contributed by atoms with Crippen molar-refractivity contribution in [1.82, 2.24) is 9.55 Å². The highest BCUT2D eigenvalue weighted by Crippen LogP contribution is 2.47. The molecule has 0 spiro atoms. The number of fused-ring (bicyclic) bond motifs is 4. The average molecular weight is 699 g/mol. The number of benzene rings is 5. The molecule has 53 heavy (non-hydrogen) atoms. The van der Waals surface area contributed by atoms with Gasteiger partial charge in [0.25, 0.3) is 0 Å². The molecule has 0 N–H and O–H groups in total. The Morgan fingerprint density at radius 1 is 0.528 bits per heavy atom. The summed E-state index contributed by atoms with van der Waals surface area (Å²) in [5.74, 6) is 2.54. The Hall–Kier alpha value is -5.55. The molecule has 0 bridgehead atoms. The molecule has 268 valence electrons. The van der Waals surface area contributed by atoms with Crippen LogP contribution in [0.1, 0.15) is 79.0 Å². The molecule has 2 aromatic heterocycles. The minimum atomic E-state index is -0.147. The lowest BCUT2D eigenvalue weighted by Crippen LogP contribution is -2.24. The predicted molar refractivity (Wildman–Crippen MR) is 223 cm³/mol. The van der Waals surface area contributed by atoms with Crippen LogP contribution in [0.3, 0.4) is 0 Å². The van der Waals surface area contributed by atoms with Crippen LogP contribution in [0.2, 0.25) is 0 Å². The van der Waals surface area contributed by atoms with Crippen LogP contribution in [-0.4, -0.2) is 16.2 Å². The van der Waals surface area contributed by atoms with Gasteiger partial charge in [-0.25, -0.2) is 4.98 Å². The second-order valence-corrected chi connectivity index (χ2v) is 17.5. The Bertz CT molecular complexity index is 2470. The number of nitrogens with zero attached hydrogens (tertiary/aromatic N) is 4. The van der Waals surface area contributed by atoms with Gasteiger partial charge >= 0.3 is 0 Å². The van der Waals surface area contributed by atoms with Gasteiger partial charge in [0.2, 0.25) is 0 Å². The zero-order chi connectivity index (χ0) is 37.3. The number of ether oxygens (including phenoxy) is 1. The fourth-order valence-electron chi connectivity index (χ4n) is 7.61. The minimum absolute atomic E-state index is 0.00888. The molecule has 5 heteroatoms. The molecule has 0 saturated heterocycles. The van der Waals surface area contributed by atoms with Crippen molar-refractivity contribution >= 4 is 44.6 Å². The molecule has 8 rings (SSSR count). The number of para-hydroxylation sites is 4. The smallest absolute Gasteiger partial charge is 0.137 e. The third-order valence-electron chi connectivity index (χ3n) is 10.5. The lowest BCUT2D eigenvalue weighted by atomic mass is 9.84. The van der Waals surface area contributed by atoms with Crippen LogP contribution in [-0.2, 0) is 16.2 Å². The second-order valence-electron chi connectivity index (χ2n) is 17.5.